The number of para-hydroxylation sites is 1. The van der Waals surface area contributed by atoms with Crippen molar-refractivity contribution >= 4 is 0 Å². The predicted molar refractivity (Wildman–Crippen MR) is 81.4 cm³/mol. The molecule has 0 atom stereocenters. The molecule has 1 aromatic carbocycles. The standard InChI is InChI=1S/C16H27NO3/c1-3-17-13-14-9-8-10-15(19-4-2)16(14)20-12-7-5-6-11-18/h8-10,17-18H,3-7,11-13H2,1-2H3. The Hall–Kier alpha value is -1.26. The smallest absolute Gasteiger partial charge is 0.165 e. The zero-order valence-corrected chi connectivity index (χ0v) is 12.7. The van der Waals surface area contributed by atoms with Crippen LogP contribution in [0.25, 0.3) is 0 Å². The van der Waals surface area contributed by atoms with Crippen LogP contribution in [-0.2, 0) is 6.54 Å². The van der Waals surface area contributed by atoms with Crippen molar-refractivity contribution in [2.45, 2.75) is 39.7 Å². The fourth-order valence-corrected chi connectivity index (χ4v) is 1.96. The molecular formula is C16H27NO3. The van der Waals surface area contributed by atoms with Crippen LogP contribution in [0.4, 0.5) is 0 Å². The predicted octanol–water partition coefficient (Wildman–Crippen LogP) is 2.74. The van der Waals surface area contributed by atoms with Gasteiger partial charge in [0.15, 0.2) is 11.5 Å². The zero-order valence-electron chi connectivity index (χ0n) is 12.7. The first-order valence-corrected chi connectivity index (χ1v) is 7.52. The summed E-state index contributed by atoms with van der Waals surface area (Å²) >= 11 is 0. The van der Waals surface area contributed by atoms with Gasteiger partial charge >= 0.3 is 0 Å². The van der Waals surface area contributed by atoms with Gasteiger partial charge in [-0.1, -0.05) is 19.1 Å². The first kappa shape index (κ1) is 16.8. The quantitative estimate of drug-likeness (QED) is 0.612. The summed E-state index contributed by atoms with van der Waals surface area (Å²) in [4.78, 5) is 0. The van der Waals surface area contributed by atoms with Crippen LogP contribution < -0.4 is 14.8 Å². The van der Waals surface area contributed by atoms with Gasteiger partial charge in [0, 0.05) is 18.7 Å². The summed E-state index contributed by atoms with van der Waals surface area (Å²) in [6, 6.07) is 6.01. The Kier molecular flexibility index (Phi) is 8.83. The molecule has 0 aliphatic rings. The fourth-order valence-electron chi connectivity index (χ4n) is 1.96. The van der Waals surface area contributed by atoms with Crippen molar-refractivity contribution in [3.8, 4) is 11.5 Å². The number of aliphatic hydroxyl groups excluding tert-OH is 1. The molecule has 114 valence electrons. The van der Waals surface area contributed by atoms with E-state index in [1.165, 1.54) is 0 Å². The van der Waals surface area contributed by atoms with E-state index in [1.54, 1.807) is 0 Å². The Labute approximate surface area is 122 Å². The molecule has 0 heterocycles. The topological polar surface area (TPSA) is 50.7 Å². The maximum atomic E-state index is 8.77. The van der Waals surface area contributed by atoms with E-state index in [0.29, 0.717) is 13.2 Å². The number of aliphatic hydroxyl groups is 1. The lowest BCUT2D eigenvalue weighted by Gasteiger charge is -2.16. The molecule has 1 aromatic rings. The normalized spacial score (nSPS) is 10.6. The van der Waals surface area contributed by atoms with Gasteiger partial charge in [0.05, 0.1) is 13.2 Å². The molecule has 0 spiro atoms. The highest BCUT2D eigenvalue weighted by Gasteiger charge is 2.10. The highest BCUT2D eigenvalue weighted by molar-refractivity contribution is 5.46. The number of unbranched alkanes of at least 4 members (excludes halogenated alkanes) is 2. The molecule has 4 heteroatoms. The Morgan fingerprint density at radius 3 is 2.65 bits per heavy atom. The minimum atomic E-state index is 0.251. The molecule has 0 aromatic heterocycles. The number of nitrogens with one attached hydrogen (secondary N) is 1. The van der Waals surface area contributed by atoms with Crippen LogP contribution in [0.1, 0.15) is 38.7 Å². The van der Waals surface area contributed by atoms with Gasteiger partial charge < -0.3 is 19.9 Å². The van der Waals surface area contributed by atoms with Gasteiger partial charge in [-0.25, -0.2) is 0 Å². The van der Waals surface area contributed by atoms with Gasteiger partial charge in [0.1, 0.15) is 0 Å². The monoisotopic (exact) mass is 281 g/mol. The molecule has 0 unspecified atom stereocenters. The first-order chi connectivity index (χ1) is 9.83. The van der Waals surface area contributed by atoms with E-state index < -0.39 is 0 Å². The van der Waals surface area contributed by atoms with E-state index in [0.717, 1.165) is 49.4 Å². The Morgan fingerprint density at radius 1 is 1.10 bits per heavy atom. The molecular weight excluding hydrogens is 254 g/mol. The second kappa shape index (κ2) is 10.5. The minimum absolute atomic E-state index is 0.251. The first-order valence-electron chi connectivity index (χ1n) is 7.52. The summed E-state index contributed by atoms with van der Waals surface area (Å²) in [5, 5.41) is 12.1. The lowest BCUT2D eigenvalue weighted by atomic mass is 10.1. The van der Waals surface area contributed by atoms with Crippen molar-refractivity contribution in [3.63, 3.8) is 0 Å². The summed E-state index contributed by atoms with van der Waals surface area (Å²) in [6.07, 6.45) is 2.76. The molecule has 0 radical (unpaired) electrons. The van der Waals surface area contributed by atoms with Crippen LogP contribution in [0.15, 0.2) is 18.2 Å². The van der Waals surface area contributed by atoms with E-state index in [2.05, 4.69) is 18.3 Å². The average Bonchev–Trinajstić information content (AvgIpc) is 2.47. The Bertz CT molecular complexity index is 369. The Morgan fingerprint density at radius 2 is 1.95 bits per heavy atom. The average molecular weight is 281 g/mol. The van der Waals surface area contributed by atoms with Crippen molar-refractivity contribution in [2.75, 3.05) is 26.4 Å². The molecule has 0 bridgehead atoms. The van der Waals surface area contributed by atoms with E-state index in [-0.39, 0.29) is 6.61 Å². The van der Waals surface area contributed by atoms with E-state index in [4.69, 9.17) is 14.6 Å². The molecule has 0 amide bonds. The van der Waals surface area contributed by atoms with E-state index in [9.17, 15) is 0 Å². The maximum Gasteiger partial charge on any atom is 0.165 e. The largest absolute Gasteiger partial charge is 0.490 e. The molecule has 0 fully saturated rings. The van der Waals surface area contributed by atoms with Crippen molar-refractivity contribution in [1.29, 1.82) is 0 Å². The van der Waals surface area contributed by atoms with Gasteiger partial charge in [0.2, 0.25) is 0 Å². The summed E-state index contributed by atoms with van der Waals surface area (Å²) < 4.78 is 11.6. The highest BCUT2D eigenvalue weighted by atomic mass is 16.5. The lowest BCUT2D eigenvalue weighted by molar-refractivity contribution is 0.253. The molecule has 0 saturated heterocycles. The third-order valence-electron chi connectivity index (χ3n) is 2.97. The maximum absolute atomic E-state index is 8.77. The molecule has 20 heavy (non-hydrogen) atoms. The molecule has 0 saturated carbocycles. The highest BCUT2D eigenvalue weighted by Crippen LogP contribution is 2.31. The van der Waals surface area contributed by atoms with Crippen LogP contribution in [0.2, 0.25) is 0 Å². The lowest BCUT2D eigenvalue weighted by Crippen LogP contribution is -2.13. The van der Waals surface area contributed by atoms with Crippen LogP contribution in [0.5, 0.6) is 11.5 Å². The van der Waals surface area contributed by atoms with Gasteiger partial charge in [-0.3, -0.25) is 0 Å². The second-order valence-electron chi connectivity index (χ2n) is 4.59. The van der Waals surface area contributed by atoms with Crippen LogP contribution in [0.3, 0.4) is 0 Å². The molecule has 1 rings (SSSR count). The third-order valence-corrected chi connectivity index (χ3v) is 2.97. The summed E-state index contributed by atoms with van der Waals surface area (Å²) in [7, 11) is 0. The van der Waals surface area contributed by atoms with Crippen LogP contribution >= 0.6 is 0 Å². The summed E-state index contributed by atoms with van der Waals surface area (Å²) in [5.41, 5.74) is 1.12. The minimum Gasteiger partial charge on any atom is -0.490 e. The number of hydrogen-bond donors (Lipinski definition) is 2. The number of rotatable bonds is 11. The summed E-state index contributed by atoms with van der Waals surface area (Å²) in [5.74, 6) is 1.66. The number of benzene rings is 1. The zero-order chi connectivity index (χ0) is 14.6. The van der Waals surface area contributed by atoms with Crippen LogP contribution in [-0.4, -0.2) is 31.5 Å². The van der Waals surface area contributed by atoms with Gasteiger partial charge in [-0.15, -0.1) is 0 Å². The van der Waals surface area contributed by atoms with Gasteiger partial charge in [-0.2, -0.15) is 0 Å². The third kappa shape index (κ3) is 5.80. The summed E-state index contributed by atoms with van der Waals surface area (Å²) in [6.45, 7) is 7.30. The van der Waals surface area contributed by atoms with Crippen molar-refractivity contribution in [1.82, 2.24) is 5.32 Å². The SMILES string of the molecule is CCNCc1cccc(OCC)c1OCCCCCO. The van der Waals surface area contributed by atoms with Crippen molar-refractivity contribution in [3.05, 3.63) is 23.8 Å². The Balaban J connectivity index is 2.66. The van der Waals surface area contributed by atoms with Crippen molar-refractivity contribution in [2.24, 2.45) is 0 Å². The van der Waals surface area contributed by atoms with Crippen LogP contribution in [0, 0.1) is 0 Å². The van der Waals surface area contributed by atoms with Gasteiger partial charge in [0.25, 0.3) is 0 Å². The van der Waals surface area contributed by atoms with E-state index in [1.807, 2.05) is 19.1 Å². The number of ether oxygens (including phenoxy) is 2. The molecule has 0 aliphatic heterocycles. The van der Waals surface area contributed by atoms with E-state index >= 15 is 0 Å². The number of hydrogen-bond acceptors (Lipinski definition) is 4. The molecule has 2 N–H and O–H groups in total. The second-order valence-corrected chi connectivity index (χ2v) is 4.59. The fraction of sp³-hybridized carbons (Fsp3) is 0.625. The van der Waals surface area contributed by atoms with Crippen molar-refractivity contribution < 1.29 is 14.6 Å². The molecule has 4 nitrogen and oxygen atoms in total. The van der Waals surface area contributed by atoms with Gasteiger partial charge in [-0.05, 0) is 38.8 Å². The molecule has 0 aliphatic carbocycles.